The first kappa shape index (κ1) is 41.9. The number of fused-ring (bicyclic) bond motifs is 2. The molecule has 4 heterocycles. The van der Waals surface area contributed by atoms with Crippen molar-refractivity contribution in [2.75, 3.05) is 61.5 Å². The lowest BCUT2D eigenvalue weighted by Gasteiger charge is -2.50. The van der Waals surface area contributed by atoms with Gasteiger partial charge in [0.15, 0.2) is 11.6 Å². The fourth-order valence-electron chi connectivity index (χ4n) is 8.34. The molecule has 0 aromatic heterocycles. The van der Waals surface area contributed by atoms with Gasteiger partial charge in [0.1, 0.15) is 23.3 Å². The number of carbonyl (C=O) groups excluding carboxylic acids is 3. The van der Waals surface area contributed by atoms with E-state index in [1.807, 2.05) is 14.1 Å². The molecule has 2 fully saturated rings. The zero-order valence-corrected chi connectivity index (χ0v) is 32.7. The molecule has 0 unspecified atom stereocenters. The van der Waals surface area contributed by atoms with Crippen LogP contribution >= 0.6 is 0 Å². The van der Waals surface area contributed by atoms with Gasteiger partial charge in [0.25, 0.3) is 0 Å². The summed E-state index contributed by atoms with van der Waals surface area (Å²) < 4.78 is 52.5. The Labute approximate surface area is 335 Å². The van der Waals surface area contributed by atoms with Crippen molar-refractivity contribution in [3.63, 3.8) is 0 Å². The van der Waals surface area contributed by atoms with E-state index in [0.717, 1.165) is 48.4 Å². The number of Topliss-reactive ketones (excluding diaryl/α,β-unsaturated/α-hetero) is 2. The molecule has 58 heavy (non-hydrogen) atoms. The average molecular weight is 803 g/mol. The van der Waals surface area contributed by atoms with Crippen molar-refractivity contribution in [1.82, 2.24) is 15.5 Å². The first-order valence-electron chi connectivity index (χ1n) is 19.3. The number of ketones is 2. The molecule has 0 radical (unpaired) electrons. The number of nitrogen functional groups attached to an aromatic ring is 2. The van der Waals surface area contributed by atoms with Gasteiger partial charge in [-0.1, -0.05) is 12.1 Å². The van der Waals surface area contributed by atoms with E-state index in [-0.39, 0.29) is 52.4 Å². The summed E-state index contributed by atoms with van der Waals surface area (Å²) >= 11 is 0. The summed E-state index contributed by atoms with van der Waals surface area (Å²) in [5.74, 6) is -1.62. The molecule has 8 rings (SSSR count). The molecular weight excluding hydrogens is 753 g/mol. The fraction of sp³-hybridized carbons (Fsp3) is 0.372. The van der Waals surface area contributed by atoms with Crippen LogP contribution in [0.15, 0.2) is 72.8 Å². The van der Waals surface area contributed by atoms with Crippen LogP contribution in [-0.2, 0) is 13.1 Å². The SMILES string of the molecule is CN1c2ccc(F)cc2C(=O)CC12CCN(C(=O)NCc1ccc(F)c(N)c1)CC2.CN1c2ccc(F)cc2C(=O)CC12CCNCC2.NCc1ccc(F)c(N)c1. The minimum Gasteiger partial charge on any atom is -0.396 e. The number of nitrogens with one attached hydrogen (secondary N) is 2. The highest BCUT2D eigenvalue weighted by Gasteiger charge is 2.46. The average Bonchev–Trinajstić information content (AvgIpc) is 3.21. The van der Waals surface area contributed by atoms with Crippen molar-refractivity contribution >= 4 is 40.3 Å². The van der Waals surface area contributed by atoms with Crippen LogP contribution in [0.3, 0.4) is 0 Å². The number of benzene rings is 4. The topological polar surface area (TPSA) is 163 Å². The summed E-state index contributed by atoms with van der Waals surface area (Å²) in [6, 6.07) is 17.5. The summed E-state index contributed by atoms with van der Waals surface area (Å²) in [5.41, 5.74) is 20.0. The molecule has 4 aromatic carbocycles. The number of amides is 2. The molecule has 0 bridgehead atoms. The highest BCUT2D eigenvalue weighted by molar-refractivity contribution is 6.05. The highest BCUT2D eigenvalue weighted by atomic mass is 19.1. The number of hydrogen-bond donors (Lipinski definition) is 5. The first-order chi connectivity index (χ1) is 27.6. The predicted molar refractivity (Wildman–Crippen MR) is 218 cm³/mol. The van der Waals surface area contributed by atoms with Crippen LogP contribution < -0.4 is 37.6 Å². The molecule has 4 aliphatic rings. The molecule has 8 N–H and O–H groups in total. The summed E-state index contributed by atoms with van der Waals surface area (Å²) in [5, 5.41) is 6.16. The molecule has 2 spiro atoms. The van der Waals surface area contributed by atoms with Gasteiger partial charge in [0.05, 0.1) is 16.9 Å². The number of halogens is 4. The highest BCUT2D eigenvalue weighted by Crippen LogP contribution is 2.43. The van der Waals surface area contributed by atoms with Gasteiger partial charge >= 0.3 is 6.03 Å². The maximum Gasteiger partial charge on any atom is 0.317 e. The zero-order valence-electron chi connectivity index (χ0n) is 32.7. The minimum absolute atomic E-state index is 0.0480. The second-order valence-corrected chi connectivity index (χ2v) is 15.4. The van der Waals surface area contributed by atoms with Gasteiger partial charge in [-0.05, 0) is 111 Å². The molecule has 308 valence electrons. The number of likely N-dealkylation sites (tertiary alicyclic amines) is 1. The van der Waals surface area contributed by atoms with Gasteiger partial charge in [-0.15, -0.1) is 0 Å². The van der Waals surface area contributed by atoms with Gasteiger partial charge in [0, 0.05) is 81.2 Å². The van der Waals surface area contributed by atoms with Crippen LogP contribution in [0.2, 0.25) is 0 Å². The third-order valence-electron chi connectivity index (χ3n) is 12.0. The van der Waals surface area contributed by atoms with Crippen molar-refractivity contribution in [2.45, 2.75) is 62.7 Å². The number of rotatable bonds is 3. The fourth-order valence-corrected chi connectivity index (χ4v) is 8.34. The van der Waals surface area contributed by atoms with E-state index in [1.165, 1.54) is 48.5 Å². The third kappa shape index (κ3) is 8.90. The van der Waals surface area contributed by atoms with Crippen LogP contribution in [0.1, 0.15) is 70.4 Å². The standard InChI is InChI=1S/C22H24F2N4O2.C14H17FN2O.C7H9FN2/c1-27-19-5-3-15(23)11-16(19)20(29)12-22(27)6-8-28(9-7-22)21(30)26-13-14-2-4-17(24)18(25)10-14;1-17-12-3-2-10(15)8-11(12)13(18)9-14(17)4-6-16-7-5-14;8-6-2-1-5(4-9)3-7(6)10/h2-5,10-11H,6-9,12-13,25H2,1H3,(H,26,30);2-3,8,16H,4-7,9H2,1H3;1-3H,4,9-10H2. The Morgan fingerprint density at radius 2 is 1.16 bits per heavy atom. The van der Waals surface area contributed by atoms with E-state index in [9.17, 15) is 31.9 Å². The number of nitrogens with two attached hydrogens (primary N) is 3. The number of carbonyl (C=O) groups is 3. The van der Waals surface area contributed by atoms with Gasteiger partial charge in [0.2, 0.25) is 0 Å². The lowest BCUT2D eigenvalue weighted by Crippen LogP contribution is -2.59. The van der Waals surface area contributed by atoms with Gasteiger partial charge < -0.3 is 42.5 Å². The van der Waals surface area contributed by atoms with Crippen molar-refractivity contribution in [3.8, 4) is 0 Å². The number of hydrogen-bond acceptors (Lipinski definition) is 9. The quantitative estimate of drug-likeness (QED) is 0.121. The monoisotopic (exact) mass is 802 g/mol. The Hall–Kier alpha value is -5.67. The molecule has 11 nitrogen and oxygen atoms in total. The van der Waals surface area contributed by atoms with Crippen LogP contribution in [-0.4, -0.2) is 73.8 Å². The van der Waals surface area contributed by atoms with Crippen LogP contribution in [0.5, 0.6) is 0 Å². The van der Waals surface area contributed by atoms with E-state index in [0.29, 0.717) is 56.4 Å². The Kier molecular flexibility index (Phi) is 12.6. The number of urea groups is 1. The number of nitrogens with zero attached hydrogens (tertiary/aromatic N) is 3. The Balaban J connectivity index is 0.000000170. The van der Waals surface area contributed by atoms with Crippen molar-refractivity contribution in [2.24, 2.45) is 5.73 Å². The first-order valence-corrected chi connectivity index (χ1v) is 19.3. The van der Waals surface area contributed by atoms with Crippen LogP contribution in [0, 0.1) is 23.3 Å². The van der Waals surface area contributed by atoms with Crippen LogP contribution in [0.4, 0.5) is 45.1 Å². The summed E-state index contributed by atoms with van der Waals surface area (Å²) in [6.45, 7) is 3.53. The van der Waals surface area contributed by atoms with E-state index in [1.54, 1.807) is 29.2 Å². The second-order valence-electron chi connectivity index (χ2n) is 15.4. The summed E-state index contributed by atoms with van der Waals surface area (Å²) in [6.07, 6.45) is 4.02. The second kappa shape index (κ2) is 17.4. The largest absolute Gasteiger partial charge is 0.396 e. The molecule has 15 heteroatoms. The summed E-state index contributed by atoms with van der Waals surface area (Å²) in [7, 11) is 3.95. The van der Waals surface area contributed by atoms with E-state index in [4.69, 9.17) is 17.2 Å². The Morgan fingerprint density at radius 1 is 0.690 bits per heavy atom. The molecule has 0 saturated carbocycles. The predicted octanol–water partition coefficient (Wildman–Crippen LogP) is 6.15. The van der Waals surface area contributed by atoms with Crippen LogP contribution in [0.25, 0.3) is 0 Å². The Morgan fingerprint density at radius 3 is 1.64 bits per heavy atom. The van der Waals surface area contributed by atoms with Gasteiger partial charge in [-0.25, -0.2) is 22.4 Å². The Bertz CT molecular complexity index is 2170. The molecule has 4 aliphatic heterocycles. The van der Waals surface area contributed by atoms with Crippen molar-refractivity contribution in [3.05, 3.63) is 118 Å². The van der Waals surface area contributed by atoms with Crippen molar-refractivity contribution in [1.29, 1.82) is 0 Å². The third-order valence-corrected chi connectivity index (χ3v) is 12.0. The smallest absolute Gasteiger partial charge is 0.317 e. The molecular formula is C43H50F4N8O3. The molecule has 0 atom stereocenters. The van der Waals surface area contributed by atoms with E-state index >= 15 is 0 Å². The minimum atomic E-state index is -0.484. The zero-order chi connectivity index (χ0) is 41.8. The van der Waals surface area contributed by atoms with E-state index < -0.39 is 17.5 Å². The molecule has 2 saturated heterocycles. The van der Waals surface area contributed by atoms with E-state index in [2.05, 4.69) is 20.4 Å². The lowest BCUT2D eigenvalue weighted by molar-refractivity contribution is 0.0887. The molecule has 2 amide bonds. The lowest BCUT2D eigenvalue weighted by atomic mass is 9.77. The van der Waals surface area contributed by atoms with Gasteiger partial charge in [-0.3, -0.25) is 9.59 Å². The number of piperidine rings is 2. The normalized spacial score (nSPS) is 17.7. The number of anilines is 4. The maximum absolute atomic E-state index is 13.6. The molecule has 4 aromatic rings. The van der Waals surface area contributed by atoms with Crippen molar-refractivity contribution < 1.29 is 31.9 Å². The molecule has 0 aliphatic carbocycles. The van der Waals surface area contributed by atoms with Gasteiger partial charge in [-0.2, -0.15) is 0 Å². The summed E-state index contributed by atoms with van der Waals surface area (Å²) in [4.78, 5) is 43.4. The maximum atomic E-state index is 13.6.